The molecule has 3 aliphatic rings. The third-order valence-corrected chi connectivity index (χ3v) is 7.48. The van der Waals surface area contributed by atoms with Crippen LogP contribution in [0, 0.1) is 0 Å². The second-order valence-electron chi connectivity index (χ2n) is 9.65. The molecular weight excluding hydrogens is 444 g/mol. The molecule has 2 heterocycles. The zero-order valence-corrected chi connectivity index (χ0v) is 19.8. The molecule has 0 radical (unpaired) electrons. The number of benzene rings is 2. The molecule has 0 fully saturated rings. The van der Waals surface area contributed by atoms with Crippen LogP contribution in [0.4, 0.5) is 0 Å². The molecule has 6 nitrogen and oxygen atoms in total. The highest BCUT2D eigenvalue weighted by Gasteiger charge is 2.42. The van der Waals surface area contributed by atoms with Crippen LogP contribution in [0.3, 0.4) is 0 Å². The van der Waals surface area contributed by atoms with Gasteiger partial charge in [-0.05, 0) is 11.1 Å². The van der Waals surface area contributed by atoms with Gasteiger partial charge in [0, 0.05) is 23.7 Å². The summed E-state index contributed by atoms with van der Waals surface area (Å²) in [5.41, 5.74) is 6.86. The number of aromatic nitrogens is 6. The molecule has 0 N–H and O–H groups in total. The van der Waals surface area contributed by atoms with Gasteiger partial charge in [0.2, 0.25) is 0 Å². The number of nitrogens with zero attached hydrogens (tertiary/aromatic N) is 6. The SMILES string of the molecule is C1=C[C@@H]2c3nnn(Cc4ccccc4)c3[C@@H]3C=CC=C[C@@H]3c3c(nnn3Cc3ccccc3)[C@@H]2C=C1. The van der Waals surface area contributed by atoms with Crippen LogP contribution < -0.4 is 0 Å². The Hall–Kier alpha value is -4.32. The lowest BCUT2D eigenvalue weighted by Crippen LogP contribution is -2.26. The average Bonchev–Trinajstić information content (AvgIpc) is 3.53. The molecule has 7 rings (SSSR count). The van der Waals surface area contributed by atoms with Crippen LogP contribution in [0.25, 0.3) is 0 Å². The summed E-state index contributed by atoms with van der Waals surface area (Å²) in [6, 6.07) is 21.0. The Bertz CT molecular complexity index is 1390. The Kier molecular flexibility index (Phi) is 5.09. The minimum Gasteiger partial charge on any atom is -0.244 e. The predicted octanol–water partition coefficient (Wildman–Crippen LogP) is 5.27. The lowest BCUT2D eigenvalue weighted by atomic mass is 9.72. The van der Waals surface area contributed by atoms with Gasteiger partial charge >= 0.3 is 0 Å². The number of rotatable bonds is 4. The van der Waals surface area contributed by atoms with Crippen LogP contribution in [0.15, 0.2) is 109 Å². The quantitative estimate of drug-likeness (QED) is 0.408. The molecule has 0 amide bonds. The van der Waals surface area contributed by atoms with Crippen LogP contribution in [0.1, 0.15) is 57.6 Å². The molecule has 0 aliphatic heterocycles. The highest BCUT2D eigenvalue weighted by atomic mass is 15.4. The van der Waals surface area contributed by atoms with Crippen molar-refractivity contribution in [3.8, 4) is 0 Å². The predicted molar refractivity (Wildman–Crippen MR) is 139 cm³/mol. The summed E-state index contributed by atoms with van der Waals surface area (Å²) in [7, 11) is 0. The van der Waals surface area contributed by atoms with E-state index in [1.165, 1.54) is 22.5 Å². The van der Waals surface area contributed by atoms with E-state index in [-0.39, 0.29) is 23.7 Å². The first-order valence-electron chi connectivity index (χ1n) is 12.5. The summed E-state index contributed by atoms with van der Waals surface area (Å²) < 4.78 is 4.21. The maximum absolute atomic E-state index is 4.79. The fourth-order valence-electron chi connectivity index (χ4n) is 5.83. The first-order valence-corrected chi connectivity index (χ1v) is 12.5. The number of hydrogen-bond acceptors (Lipinski definition) is 4. The summed E-state index contributed by atoms with van der Waals surface area (Å²) >= 11 is 0. The van der Waals surface area contributed by atoms with Gasteiger partial charge in [-0.3, -0.25) is 0 Å². The van der Waals surface area contributed by atoms with Crippen molar-refractivity contribution in [1.82, 2.24) is 30.0 Å². The van der Waals surface area contributed by atoms with Gasteiger partial charge in [0.1, 0.15) is 0 Å². The summed E-state index contributed by atoms with van der Waals surface area (Å²) in [4.78, 5) is 0. The van der Waals surface area contributed by atoms with E-state index >= 15 is 0 Å². The van der Waals surface area contributed by atoms with Crippen LogP contribution in [-0.2, 0) is 13.1 Å². The van der Waals surface area contributed by atoms with Crippen molar-refractivity contribution in [2.24, 2.45) is 0 Å². The molecule has 2 aromatic carbocycles. The lowest BCUT2D eigenvalue weighted by Gasteiger charge is -2.33. The Balaban J connectivity index is 1.40. The van der Waals surface area contributed by atoms with Gasteiger partial charge in [-0.15, -0.1) is 10.2 Å². The van der Waals surface area contributed by atoms with Gasteiger partial charge in [0.15, 0.2) is 0 Å². The van der Waals surface area contributed by atoms with E-state index in [0.29, 0.717) is 13.1 Å². The molecule has 0 unspecified atom stereocenters. The van der Waals surface area contributed by atoms with Crippen LogP contribution in [0.2, 0.25) is 0 Å². The van der Waals surface area contributed by atoms with Crippen LogP contribution >= 0.6 is 0 Å². The van der Waals surface area contributed by atoms with Crippen molar-refractivity contribution in [1.29, 1.82) is 0 Å². The maximum atomic E-state index is 4.79. The van der Waals surface area contributed by atoms with E-state index in [9.17, 15) is 0 Å². The topological polar surface area (TPSA) is 61.4 Å². The van der Waals surface area contributed by atoms with Gasteiger partial charge in [0.25, 0.3) is 0 Å². The van der Waals surface area contributed by atoms with E-state index < -0.39 is 0 Å². The van der Waals surface area contributed by atoms with Crippen molar-refractivity contribution in [3.63, 3.8) is 0 Å². The summed E-state index contributed by atoms with van der Waals surface area (Å²) in [6.45, 7) is 1.38. The molecule has 0 saturated heterocycles. The number of allylic oxidation sites excluding steroid dienone is 8. The van der Waals surface area contributed by atoms with Crippen molar-refractivity contribution in [2.45, 2.75) is 36.8 Å². The standard InChI is InChI=1S/C30H26N6/c1-3-11-21(12-4-1)19-35-29-25-17-9-10-18-26(25)30-28(24-16-8-7-15-23(24)27(29)31-33-35)32-34-36(30)20-22-13-5-2-6-14-22/h1-18,23-26H,19-20H2/t23-,24+,25+,26-. The smallest absolute Gasteiger partial charge is 0.0944 e. The van der Waals surface area contributed by atoms with Crippen LogP contribution in [0.5, 0.6) is 0 Å². The molecule has 36 heavy (non-hydrogen) atoms. The Morgan fingerprint density at radius 3 is 1.31 bits per heavy atom. The third kappa shape index (κ3) is 3.49. The summed E-state index contributed by atoms with van der Waals surface area (Å²) in [5.74, 6) is 0.317. The summed E-state index contributed by atoms with van der Waals surface area (Å²) in [5, 5.41) is 19.0. The fraction of sp³-hybridized carbons (Fsp3) is 0.200. The molecule has 4 atom stereocenters. The molecule has 6 heteroatoms. The second-order valence-corrected chi connectivity index (χ2v) is 9.65. The number of hydrogen-bond donors (Lipinski definition) is 0. The molecule has 0 bridgehead atoms. The van der Waals surface area contributed by atoms with Gasteiger partial charge in [0.05, 0.1) is 35.9 Å². The fourth-order valence-corrected chi connectivity index (χ4v) is 5.83. The largest absolute Gasteiger partial charge is 0.244 e. The highest BCUT2D eigenvalue weighted by Crippen LogP contribution is 2.49. The van der Waals surface area contributed by atoms with E-state index in [0.717, 1.165) is 11.4 Å². The van der Waals surface area contributed by atoms with E-state index in [4.69, 9.17) is 20.6 Å². The zero-order chi connectivity index (χ0) is 23.9. The monoisotopic (exact) mass is 470 g/mol. The minimum atomic E-state index is 0.0652. The van der Waals surface area contributed by atoms with E-state index in [2.05, 4.69) is 107 Å². The van der Waals surface area contributed by atoms with Crippen molar-refractivity contribution in [2.75, 3.05) is 0 Å². The second kappa shape index (κ2) is 8.72. The Morgan fingerprint density at radius 2 is 0.889 bits per heavy atom. The third-order valence-electron chi connectivity index (χ3n) is 7.48. The van der Waals surface area contributed by atoms with Crippen LogP contribution in [-0.4, -0.2) is 30.0 Å². The van der Waals surface area contributed by atoms with Crippen molar-refractivity contribution in [3.05, 3.63) is 143 Å². The van der Waals surface area contributed by atoms with Gasteiger partial charge < -0.3 is 0 Å². The maximum Gasteiger partial charge on any atom is 0.0944 e. The molecule has 2 aromatic heterocycles. The lowest BCUT2D eigenvalue weighted by molar-refractivity contribution is 0.533. The molecule has 4 aromatic rings. The number of fused-ring (bicyclic) bond motifs is 8. The molecule has 0 saturated carbocycles. The highest BCUT2D eigenvalue weighted by molar-refractivity contribution is 5.47. The molecular formula is C30H26N6. The van der Waals surface area contributed by atoms with Crippen molar-refractivity contribution < 1.29 is 0 Å². The van der Waals surface area contributed by atoms with Gasteiger partial charge in [-0.25, -0.2) is 9.36 Å². The van der Waals surface area contributed by atoms with Gasteiger partial charge in [-0.1, -0.05) is 120 Å². The normalized spacial score (nSPS) is 23.3. The van der Waals surface area contributed by atoms with Gasteiger partial charge in [-0.2, -0.15) is 0 Å². The van der Waals surface area contributed by atoms with Crippen molar-refractivity contribution >= 4 is 0 Å². The first-order chi connectivity index (χ1) is 17.9. The molecule has 0 spiro atoms. The minimum absolute atomic E-state index is 0.0652. The molecule has 176 valence electrons. The summed E-state index contributed by atoms with van der Waals surface area (Å²) in [6.07, 6.45) is 17.6. The van der Waals surface area contributed by atoms with E-state index in [1.807, 2.05) is 12.1 Å². The Labute approximate surface area is 210 Å². The Morgan fingerprint density at radius 1 is 0.500 bits per heavy atom. The zero-order valence-electron chi connectivity index (χ0n) is 19.8. The van der Waals surface area contributed by atoms with E-state index in [1.54, 1.807) is 0 Å². The first kappa shape index (κ1) is 21.0. The average molecular weight is 471 g/mol. The molecule has 3 aliphatic carbocycles.